The van der Waals surface area contributed by atoms with E-state index in [1.807, 2.05) is 0 Å². The fraction of sp³-hybridized carbons (Fsp3) is 0.357. The number of nitrogens with zero attached hydrogens (tertiary/aromatic N) is 3. The maximum absolute atomic E-state index is 12.8. The van der Waals surface area contributed by atoms with E-state index in [2.05, 4.69) is 14.7 Å². The molecule has 0 spiro atoms. The molecule has 0 atom stereocenters. The molecule has 18 heteroatoms. The largest absolute Gasteiger partial charge is 0.507 e. The maximum Gasteiger partial charge on any atom is 0.454 e. The van der Waals surface area contributed by atoms with E-state index in [0.29, 0.717) is 94.9 Å². The quantitative estimate of drug-likeness (QED) is 0.0933. The number of allylic oxidation sites excluding steroid dienone is 3. The summed E-state index contributed by atoms with van der Waals surface area (Å²) in [5.41, 5.74) is 1.93. The lowest BCUT2D eigenvalue weighted by atomic mass is 10.1. The number of aliphatic hydroxyl groups is 3. The number of ketones is 3. The molecular formula is C42H42F9N3O6. The minimum absolute atomic E-state index is 0.00794. The third kappa shape index (κ3) is 15.0. The van der Waals surface area contributed by atoms with Crippen molar-refractivity contribution >= 4 is 34.6 Å². The number of hydrogen-bond donors (Lipinski definition) is 3. The van der Waals surface area contributed by atoms with Gasteiger partial charge in [0.25, 0.3) is 17.3 Å². The highest BCUT2D eigenvalue weighted by atomic mass is 19.4. The van der Waals surface area contributed by atoms with Gasteiger partial charge in [-0.05, 0) is 93.4 Å². The lowest BCUT2D eigenvalue weighted by molar-refractivity contribution is -0.165. The molecule has 0 aromatic heterocycles. The zero-order valence-electron chi connectivity index (χ0n) is 32.0. The van der Waals surface area contributed by atoms with E-state index in [1.54, 1.807) is 18.2 Å². The van der Waals surface area contributed by atoms with Gasteiger partial charge in [-0.15, -0.1) is 0 Å². The molecule has 4 rings (SSSR count). The first-order chi connectivity index (χ1) is 28.1. The van der Waals surface area contributed by atoms with E-state index in [4.69, 9.17) is 0 Å². The second kappa shape index (κ2) is 20.7. The van der Waals surface area contributed by atoms with Crippen molar-refractivity contribution in [2.75, 3.05) is 39.3 Å². The SMILES string of the molecule is O=C(C=C(O)c1cccc(CN2CCCN(Cc3cccc(C(O)=CC(=O)C(F)(F)F)c3)CCCN(Cc3cccc(C(O)=CC(=O)C(F)(F)F)c3)CCC2)c1)C(F)(F)F. The lowest BCUT2D eigenvalue weighted by Crippen LogP contribution is -2.36. The summed E-state index contributed by atoms with van der Waals surface area (Å²) in [7, 11) is 0. The van der Waals surface area contributed by atoms with Crippen LogP contribution < -0.4 is 0 Å². The van der Waals surface area contributed by atoms with E-state index in [0.717, 1.165) is 0 Å². The van der Waals surface area contributed by atoms with Crippen molar-refractivity contribution in [3.05, 3.63) is 124 Å². The highest BCUT2D eigenvalue weighted by Crippen LogP contribution is 2.24. The second-order valence-electron chi connectivity index (χ2n) is 14.2. The Morgan fingerprint density at radius 2 is 0.683 bits per heavy atom. The molecule has 0 aliphatic carbocycles. The van der Waals surface area contributed by atoms with Crippen LogP contribution in [0.5, 0.6) is 0 Å². The van der Waals surface area contributed by atoms with Crippen LogP contribution in [0.25, 0.3) is 17.3 Å². The molecule has 0 radical (unpaired) electrons. The van der Waals surface area contributed by atoms with Gasteiger partial charge in [-0.3, -0.25) is 29.1 Å². The van der Waals surface area contributed by atoms with Crippen LogP contribution in [0.4, 0.5) is 39.5 Å². The van der Waals surface area contributed by atoms with Crippen LogP contribution in [0, 0.1) is 0 Å². The van der Waals surface area contributed by atoms with Crippen LogP contribution in [0.1, 0.15) is 52.6 Å². The van der Waals surface area contributed by atoms with Crippen molar-refractivity contribution in [2.45, 2.75) is 57.4 Å². The third-order valence-corrected chi connectivity index (χ3v) is 9.37. The number of rotatable bonds is 12. The topological polar surface area (TPSA) is 122 Å². The molecule has 324 valence electrons. The summed E-state index contributed by atoms with van der Waals surface area (Å²) < 4.78 is 115. The van der Waals surface area contributed by atoms with Crippen LogP contribution in [-0.4, -0.2) is 105 Å². The second-order valence-corrected chi connectivity index (χ2v) is 14.2. The number of carbonyl (C=O) groups is 3. The highest BCUT2D eigenvalue weighted by molar-refractivity contribution is 6.00. The number of benzene rings is 3. The van der Waals surface area contributed by atoms with Crippen LogP contribution in [0.3, 0.4) is 0 Å². The summed E-state index contributed by atoms with van der Waals surface area (Å²) in [5, 5.41) is 30.9. The summed E-state index contributed by atoms with van der Waals surface area (Å²) in [4.78, 5) is 40.6. The lowest BCUT2D eigenvalue weighted by Gasteiger charge is -2.30. The number of hydrogen-bond acceptors (Lipinski definition) is 9. The molecule has 1 heterocycles. The molecule has 3 N–H and O–H groups in total. The average Bonchev–Trinajstić information content (AvgIpc) is 3.16. The minimum atomic E-state index is -5.16. The normalized spacial score (nSPS) is 16.9. The fourth-order valence-corrected chi connectivity index (χ4v) is 6.49. The van der Waals surface area contributed by atoms with Gasteiger partial charge in [-0.25, -0.2) is 0 Å². The minimum Gasteiger partial charge on any atom is -0.507 e. The van der Waals surface area contributed by atoms with Crippen molar-refractivity contribution in [3.63, 3.8) is 0 Å². The molecule has 9 nitrogen and oxygen atoms in total. The molecule has 1 fully saturated rings. The van der Waals surface area contributed by atoms with Crippen molar-refractivity contribution < 1.29 is 69.2 Å². The molecule has 1 aliphatic rings. The smallest absolute Gasteiger partial charge is 0.454 e. The van der Waals surface area contributed by atoms with E-state index in [-0.39, 0.29) is 34.9 Å². The van der Waals surface area contributed by atoms with Crippen LogP contribution >= 0.6 is 0 Å². The van der Waals surface area contributed by atoms with Gasteiger partial charge in [0, 0.05) is 54.6 Å². The Morgan fingerprint density at radius 1 is 0.450 bits per heavy atom. The molecule has 0 saturated carbocycles. The van der Waals surface area contributed by atoms with E-state index < -0.39 is 53.2 Å². The van der Waals surface area contributed by atoms with E-state index in [9.17, 15) is 69.2 Å². The Labute approximate surface area is 339 Å². The highest BCUT2D eigenvalue weighted by Gasteiger charge is 2.38. The van der Waals surface area contributed by atoms with Crippen LogP contribution in [-0.2, 0) is 34.0 Å². The molecule has 0 unspecified atom stereocenters. The monoisotopic (exact) mass is 855 g/mol. The van der Waals surface area contributed by atoms with Gasteiger partial charge in [-0.1, -0.05) is 54.6 Å². The summed E-state index contributed by atoms with van der Waals surface area (Å²) in [5.74, 6) is -9.18. The average molecular weight is 856 g/mol. The van der Waals surface area contributed by atoms with Crippen molar-refractivity contribution in [3.8, 4) is 0 Å². The zero-order valence-corrected chi connectivity index (χ0v) is 32.0. The van der Waals surface area contributed by atoms with Gasteiger partial charge >= 0.3 is 18.5 Å². The number of halogens is 9. The maximum atomic E-state index is 12.8. The standard InChI is InChI=1S/C42H42F9N3O6/c43-40(44,45)37(58)22-34(55)31-10-1-7-28(19-31)25-52-13-4-15-53(26-29-8-2-11-32(20-29)35(56)23-38(59)41(46,47)48)17-6-18-54(16-5-14-52)27-30-9-3-12-33(21-30)36(57)24-39(60)42(49,50)51/h1-3,7-12,19-24,55-57H,4-6,13-18,25-27H2. The molecule has 0 amide bonds. The Kier molecular flexibility index (Phi) is 16.3. The Balaban J connectivity index is 1.57. The van der Waals surface area contributed by atoms with Gasteiger partial charge in [-0.2, -0.15) is 39.5 Å². The van der Waals surface area contributed by atoms with Gasteiger partial charge in [0.05, 0.1) is 0 Å². The van der Waals surface area contributed by atoms with Gasteiger partial charge in [0.2, 0.25) is 0 Å². The Hall–Kier alpha value is -5.46. The van der Waals surface area contributed by atoms with Crippen molar-refractivity contribution in [1.29, 1.82) is 0 Å². The fourth-order valence-electron chi connectivity index (χ4n) is 6.49. The van der Waals surface area contributed by atoms with Crippen LogP contribution in [0.15, 0.2) is 91.0 Å². The molecule has 3 aromatic rings. The predicted octanol–water partition coefficient (Wildman–Crippen LogP) is 8.77. The van der Waals surface area contributed by atoms with Crippen LogP contribution in [0.2, 0.25) is 0 Å². The summed E-state index contributed by atoms with van der Waals surface area (Å²) in [6.07, 6.45) is -13.3. The number of alkyl halides is 9. The van der Waals surface area contributed by atoms with Gasteiger partial charge < -0.3 is 15.3 Å². The van der Waals surface area contributed by atoms with Gasteiger partial charge in [0.1, 0.15) is 17.3 Å². The zero-order chi connectivity index (χ0) is 44.3. The first-order valence-corrected chi connectivity index (χ1v) is 18.6. The van der Waals surface area contributed by atoms with Crippen molar-refractivity contribution in [2.24, 2.45) is 0 Å². The number of carbonyl (C=O) groups excluding carboxylic acids is 3. The van der Waals surface area contributed by atoms with Crippen molar-refractivity contribution in [1.82, 2.24) is 14.7 Å². The molecule has 3 aromatic carbocycles. The first-order valence-electron chi connectivity index (χ1n) is 18.6. The molecule has 1 saturated heterocycles. The van der Waals surface area contributed by atoms with Gasteiger partial charge in [0.15, 0.2) is 0 Å². The van der Waals surface area contributed by atoms with E-state index in [1.165, 1.54) is 54.6 Å². The van der Waals surface area contributed by atoms with E-state index >= 15 is 0 Å². The third-order valence-electron chi connectivity index (χ3n) is 9.37. The summed E-state index contributed by atoms with van der Waals surface area (Å²) in [6, 6.07) is 18.3. The predicted molar refractivity (Wildman–Crippen MR) is 204 cm³/mol. The molecule has 0 bridgehead atoms. The Morgan fingerprint density at radius 3 is 0.900 bits per heavy atom. The molecular weight excluding hydrogens is 813 g/mol. The first kappa shape index (κ1) is 47.2. The summed E-state index contributed by atoms with van der Waals surface area (Å²) >= 11 is 0. The summed E-state index contributed by atoms with van der Waals surface area (Å²) in [6.45, 7) is 4.11. The molecule has 60 heavy (non-hydrogen) atoms. The molecule has 1 aliphatic heterocycles. The Bertz CT molecular complexity index is 1830. The number of aliphatic hydroxyl groups excluding tert-OH is 3.